The van der Waals surface area contributed by atoms with Crippen LogP contribution in [0.4, 0.5) is 0 Å². The molecule has 0 saturated carbocycles. The van der Waals surface area contributed by atoms with Crippen molar-refractivity contribution in [2.24, 2.45) is 0 Å². The van der Waals surface area contributed by atoms with Gasteiger partial charge in [0.15, 0.2) is 0 Å². The Labute approximate surface area is 65.0 Å². The highest BCUT2D eigenvalue weighted by atomic mass is 36.5. The SMILES string of the molecule is Cc1ccccc1.ClCl. The largest absolute Gasteiger partial charge is 0.0622 e. The zero-order valence-corrected chi connectivity index (χ0v) is 6.65. The molecule has 0 radical (unpaired) electrons. The zero-order chi connectivity index (χ0) is 7.11. The molecule has 0 fully saturated rings. The van der Waals surface area contributed by atoms with Crippen LogP contribution < -0.4 is 0 Å². The maximum atomic E-state index is 4.11. The lowest BCUT2D eigenvalue weighted by atomic mass is 10.2. The average molecular weight is 163 g/mol. The van der Waals surface area contributed by atoms with Crippen LogP contribution in [0.2, 0.25) is 0 Å². The van der Waals surface area contributed by atoms with Crippen LogP contribution >= 0.6 is 21.7 Å². The second kappa shape index (κ2) is 5.93. The van der Waals surface area contributed by atoms with E-state index in [2.05, 4.69) is 40.8 Å². The van der Waals surface area contributed by atoms with Gasteiger partial charge in [-0.15, -0.1) is 0 Å². The van der Waals surface area contributed by atoms with Gasteiger partial charge in [0, 0.05) is 21.7 Å². The van der Waals surface area contributed by atoms with Gasteiger partial charge in [-0.05, 0) is 6.92 Å². The monoisotopic (exact) mass is 162 g/mol. The number of benzene rings is 1. The van der Waals surface area contributed by atoms with Crippen LogP contribution in [0.5, 0.6) is 0 Å². The Bertz CT molecular complexity index is 137. The molecule has 2 heteroatoms. The molecule has 0 unspecified atom stereocenters. The van der Waals surface area contributed by atoms with E-state index >= 15 is 0 Å². The smallest absolute Gasteiger partial charge is 0 e. The maximum absolute atomic E-state index is 4.11. The molecule has 0 heterocycles. The van der Waals surface area contributed by atoms with E-state index in [4.69, 9.17) is 0 Å². The van der Waals surface area contributed by atoms with Gasteiger partial charge < -0.3 is 0 Å². The van der Waals surface area contributed by atoms with Crippen molar-refractivity contribution in [3.63, 3.8) is 0 Å². The summed E-state index contributed by atoms with van der Waals surface area (Å²) in [5.74, 6) is 0. The van der Waals surface area contributed by atoms with Gasteiger partial charge in [-0.1, -0.05) is 35.9 Å². The van der Waals surface area contributed by atoms with Crippen molar-refractivity contribution in [1.82, 2.24) is 0 Å². The van der Waals surface area contributed by atoms with E-state index in [1.165, 1.54) is 5.56 Å². The third-order valence-corrected chi connectivity index (χ3v) is 0.940. The predicted molar refractivity (Wildman–Crippen MR) is 42.9 cm³/mol. The lowest BCUT2D eigenvalue weighted by Gasteiger charge is -1.82. The van der Waals surface area contributed by atoms with Crippen molar-refractivity contribution in [2.45, 2.75) is 6.92 Å². The number of hydrogen-bond acceptors (Lipinski definition) is 0. The summed E-state index contributed by atoms with van der Waals surface area (Å²) in [4.78, 5) is 0. The Hall–Kier alpha value is -0.200. The molecule has 0 aliphatic rings. The van der Waals surface area contributed by atoms with Crippen LogP contribution in [0.25, 0.3) is 0 Å². The predicted octanol–water partition coefficient (Wildman–Crippen LogP) is 3.37. The highest BCUT2D eigenvalue weighted by Crippen LogP contribution is 1.92. The Morgan fingerprint density at radius 1 is 1.00 bits per heavy atom. The van der Waals surface area contributed by atoms with Gasteiger partial charge in [0.05, 0.1) is 0 Å². The molecule has 0 saturated heterocycles. The van der Waals surface area contributed by atoms with Gasteiger partial charge in [0.25, 0.3) is 0 Å². The Morgan fingerprint density at radius 3 is 1.67 bits per heavy atom. The molecule has 0 spiro atoms. The van der Waals surface area contributed by atoms with E-state index in [0.717, 1.165) is 0 Å². The van der Waals surface area contributed by atoms with E-state index in [1.807, 2.05) is 18.2 Å². The van der Waals surface area contributed by atoms with Gasteiger partial charge in [0.2, 0.25) is 0 Å². The fraction of sp³-hybridized carbons (Fsp3) is 0.143. The summed E-state index contributed by atoms with van der Waals surface area (Å²) >= 11 is 0. The lowest BCUT2D eigenvalue weighted by molar-refractivity contribution is 1.48. The van der Waals surface area contributed by atoms with E-state index in [0.29, 0.717) is 0 Å². The van der Waals surface area contributed by atoms with Gasteiger partial charge in [-0.25, -0.2) is 0 Å². The minimum Gasteiger partial charge on any atom is -0.0622 e. The molecule has 0 aromatic heterocycles. The summed E-state index contributed by atoms with van der Waals surface area (Å²) in [5, 5.41) is 0. The average Bonchev–Trinajstić information content (AvgIpc) is 1.94. The second-order valence-corrected chi connectivity index (χ2v) is 1.65. The highest BCUT2D eigenvalue weighted by Gasteiger charge is 1.72. The summed E-state index contributed by atoms with van der Waals surface area (Å²) in [6.45, 7) is 2.08. The Kier molecular flexibility index (Phi) is 5.80. The summed E-state index contributed by atoms with van der Waals surface area (Å²) in [5.41, 5.74) is 1.32. The van der Waals surface area contributed by atoms with Crippen molar-refractivity contribution in [3.05, 3.63) is 35.9 Å². The molecular formula is C7H8Cl2. The fourth-order valence-electron chi connectivity index (χ4n) is 0.534. The molecule has 0 amide bonds. The molecule has 0 aliphatic heterocycles. The molecular weight excluding hydrogens is 155 g/mol. The highest BCUT2D eigenvalue weighted by molar-refractivity contribution is 6.85. The molecule has 0 aliphatic carbocycles. The maximum Gasteiger partial charge on any atom is 0 e. The van der Waals surface area contributed by atoms with Gasteiger partial charge in [-0.3, -0.25) is 0 Å². The minimum atomic E-state index is 1.32. The van der Waals surface area contributed by atoms with Crippen molar-refractivity contribution in [2.75, 3.05) is 0 Å². The summed E-state index contributed by atoms with van der Waals surface area (Å²) < 4.78 is 0. The molecule has 0 atom stereocenters. The molecule has 0 nitrogen and oxygen atoms in total. The normalized spacial score (nSPS) is 7.44. The molecule has 1 aromatic rings. The molecule has 0 N–H and O–H groups in total. The molecule has 1 aromatic carbocycles. The van der Waals surface area contributed by atoms with Gasteiger partial charge >= 0.3 is 0 Å². The van der Waals surface area contributed by atoms with Crippen molar-refractivity contribution in [1.29, 1.82) is 0 Å². The summed E-state index contributed by atoms with van der Waals surface area (Å²) in [7, 11) is 8.22. The van der Waals surface area contributed by atoms with Gasteiger partial charge in [-0.2, -0.15) is 0 Å². The van der Waals surface area contributed by atoms with E-state index in [9.17, 15) is 0 Å². The molecule has 50 valence electrons. The third-order valence-electron chi connectivity index (χ3n) is 0.940. The van der Waals surface area contributed by atoms with Crippen LogP contribution in [0.3, 0.4) is 0 Å². The van der Waals surface area contributed by atoms with Crippen LogP contribution in [0.1, 0.15) is 5.56 Å². The quantitative estimate of drug-likeness (QED) is 0.549. The standard InChI is InChI=1S/C7H8.Cl2/c1-7-5-3-2-4-6-7;1-2/h2-6H,1H3;. The molecule has 0 bridgehead atoms. The molecule has 1 rings (SSSR count). The first-order chi connectivity index (χ1) is 4.39. The summed E-state index contributed by atoms with van der Waals surface area (Å²) in [6, 6.07) is 10.3. The number of halogens is 2. The Morgan fingerprint density at radius 2 is 1.44 bits per heavy atom. The first kappa shape index (κ1) is 8.80. The van der Waals surface area contributed by atoms with Crippen molar-refractivity contribution >= 4 is 21.7 Å². The van der Waals surface area contributed by atoms with Crippen LogP contribution in [0, 0.1) is 6.92 Å². The number of hydrogen-bond donors (Lipinski definition) is 0. The number of aryl methyl sites for hydroxylation is 1. The number of rotatable bonds is 0. The first-order valence-electron chi connectivity index (χ1n) is 2.55. The zero-order valence-electron chi connectivity index (χ0n) is 5.14. The van der Waals surface area contributed by atoms with Crippen LogP contribution in [0.15, 0.2) is 30.3 Å². The lowest BCUT2D eigenvalue weighted by Crippen LogP contribution is -1.62. The van der Waals surface area contributed by atoms with Crippen molar-refractivity contribution in [3.8, 4) is 0 Å². The Balaban J connectivity index is 0.000000291. The van der Waals surface area contributed by atoms with E-state index < -0.39 is 0 Å². The minimum absolute atomic E-state index is 1.32. The van der Waals surface area contributed by atoms with Crippen LogP contribution in [-0.2, 0) is 0 Å². The van der Waals surface area contributed by atoms with Crippen molar-refractivity contribution < 1.29 is 0 Å². The molecule has 9 heavy (non-hydrogen) atoms. The van der Waals surface area contributed by atoms with E-state index in [1.54, 1.807) is 0 Å². The van der Waals surface area contributed by atoms with E-state index in [-0.39, 0.29) is 0 Å². The second-order valence-electron chi connectivity index (χ2n) is 1.65. The topological polar surface area (TPSA) is 0 Å². The van der Waals surface area contributed by atoms with Gasteiger partial charge in [0.1, 0.15) is 0 Å². The first-order valence-corrected chi connectivity index (χ1v) is 3.70. The third kappa shape index (κ3) is 4.31. The van der Waals surface area contributed by atoms with Crippen LogP contribution in [-0.4, -0.2) is 0 Å². The summed E-state index contributed by atoms with van der Waals surface area (Å²) in [6.07, 6.45) is 0. The fourth-order valence-corrected chi connectivity index (χ4v) is 0.534.